The molecule has 0 nitrogen and oxygen atoms in total. The summed E-state index contributed by atoms with van der Waals surface area (Å²) in [5.41, 5.74) is 1.73. The Morgan fingerprint density at radius 2 is 2.06 bits per heavy atom. The molecule has 0 heterocycles. The van der Waals surface area contributed by atoms with Gasteiger partial charge in [-0.15, -0.1) is 0 Å². The average Bonchev–Trinajstić information content (AvgIpc) is 2.87. The Kier molecular flexibility index (Phi) is 4.04. The number of hydrogen-bond acceptors (Lipinski definition) is 0. The maximum absolute atomic E-state index is 2.48. The van der Waals surface area contributed by atoms with Gasteiger partial charge in [0.25, 0.3) is 0 Å². The predicted molar refractivity (Wildman–Crippen MR) is 71.3 cm³/mol. The van der Waals surface area contributed by atoms with Crippen molar-refractivity contribution in [2.75, 3.05) is 0 Å². The molecule has 0 spiro atoms. The van der Waals surface area contributed by atoms with Gasteiger partial charge in [-0.25, -0.2) is 0 Å². The predicted octanol–water partition coefficient (Wildman–Crippen LogP) is 4.89. The van der Waals surface area contributed by atoms with Crippen LogP contribution in [0, 0.1) is 17.8 Å². The van der Waals surface area contributed by atoms with Crippen LogP contribution in [0.25, 0.3) is 0 Å². The molecule has 2 saturated carbocycles. The molecule has 88 valence electrons. The van der Waals surface area contributed by atoms with E-state index in [1.807, 2.05) is 0 Å². The van der Waals surface area contributed by atoms with Crippen LogP contribution < -0.4 is 0 Å². The van der Waals surface area contributed by atoms with Crippen molar-refractivity contribution in [3.8, 4) is 0 Å². The molecule has 2 aliphatic rings. The lowest BCUT2D eigenvalue weighted by Crippen LogP contribution is -2.10. The smallest absolute Gasteiger partial charge is 0.0137 e. The summed E-state index contributed by atoms with van der Waals surface area (Å²) in [6, 6.07) is 0. The minimum Gasteiger partial charge on any atom is -0.0885 e. The van der Waals surface area contributed by atoms with E-state index in [1.165, 1.54) is 19.3 Å². The fraction of sp³-hybridized carbons (Fsp3) is 0.625. The SMILES string of the molecule is CC=C1CC2CC(C=CC/C=C\CC)C1C2. The van der Waals surface area contributed by atoms with Gasteiger partial charge in [-0.05, 0) is 56.8 Å². The van der Waals surface area contributed by atoms with E-state index in [4.69, 9.17) is 0 Å². The summed E-state index contributed by atoms with van der Waals surface area (Å²) in [5, 5.41) is 0. The van der Waals surface area contributed by atoms with E-state index in [1.54, 1.807) is 5.57 Å². The first-order chi connectivity index (χ1) is 7.85. The van der Waals surface area contributed by atoms with Crippen molar-refractivity contribution < 1.29 is 0 Å². The molecule has 2 aliphatic carbocycles. The van der Waals surface area contributed by atoms with Gasteiger partial charge in [0.05, 0.1) is 0 Å². The monoisotopic (exact) mass is 216 g/mol. The summed E-state index contributed by atoms with van der Waals surface area (Å²) in [6.07, 6.45) is 18.3. The Bertz CT molecular complexity index is 306. The fourth-order valence-electron chi connectivity index (χ4n) is 3.40. The van der Waals surface area contributed by atoms with Crippen LogP contribution in [0.1, 0.15) is 46.0 Å². The van der Waals surface area contributed by atoms with Gasteiger partial charge in [0, 0.05) is 0 Å². The molecule has 3 unspecified atom stereocenters. The molecule has 0 aromatic carbocycles. The zero-order valence-corrected chi connectivity index (χ0v) is 10.7. The van der Waals surface area contributed by atoms with E-state index in [-0.39, 0.29) is 0 Å². The first kappa shape index (κ1) is 11.7. The molecule has 3 atom stereocenters. The minimum absolute atomic E-state index is 0.847. The highest BCUT2D eigenvalue weighted by Gasteiger charge is 2.40. The van der Waals surface area contributed by atoms with Gasteiger partial charge in [-0.1, -0.05) is 42.9 Å². The largest absolute Gasteiger partial charge is 0.0885 e. The van der Waals surface area contributed by atoms with Crippen LogP contribution in [-0.2, 0) is 0 Å². The lowest BCUT2D eigenvalue weighted by atomic mass is 9.84. The van der Waals surface area contributed by atoms with E-state index in [0.717, 1.165) is 30.6 Å². The van der Waals surface area contributed by atoms with Gasteiger partial charge in [0.2, 0.25) is 0 Å². The van der Waals surface area contributed by atoms with E-state index in [9.17, 15) is 0 Å². The highest BCUT2D eigenvalue weighted by Crippen LogP contribution is 2.51. The third-order valence-electron chi connectivity index (χ3n) is 4.14. The van der Waals surface area contributed by atoms with Crippen LogP contribution in [-0.4, -0.2) is 0 Å². The highest BCUT2D eigenvalue weighted by atomic mass is 14.5. The molecule has 2 rings (SSSR count). The zero-order chi connectivity index (χ0) is 11.4. The molecule has 0 N–H and O–H groups in total. The molecule has 16 heavy (non-hydrogen) atoms. The minimum atomic E-state index is 0.847. The van der Waals surface area contributed by atoms with Gasteiger partial charge in [-0.3, -0.25) is 0 Å². The normalized spacial score (nSPS) is 36.1. The van der Waals surface area contributed by atoms with Crippen LogP contribution in [0.4, 0.5) is 0 Å². The van der Waals surface area contributed by atoms with Crippen LogP contribution >= 0.6 is 0 Å². The van der Waals surface area contributed by atoms with Crippen LogP contribution in [0.5, 0.6) is 0 Å². The summed E-state index contributed by atoms with van der Waals surface area (Å²) >= 11 is 0. The Labute approximate surface area is 100 Å². The first-order valence-corrected chi connectivity index (χ1v) is 6.81. The van der Waals surface area contributed by atoms with Gasteiger partial charge in [0.15, 0.2) is 0 Å². The van der Waals surface area contributed by atoms with Crippen LogP contribution in [0.3, 0.4) is 0 Å². The second-order valence-electron chi connectivity index (χ2n) is 5.22. The van der Waals surface area contributed by atoms with Crippen molar-refractivity contribution in [2.24, 2.45) is 17.8 Å². The van der Waals surface area contributed by atoms with Crippen LogP contribution in [0.2, 0.25) is 0 Å². The Hall–Kier alpha value is -0.780. The molecular weight excluding hydrogens is 192 g/mol. The van der Waals surface area contributed by atoms with Crippen molar-refractivity contribution in [3.05, 3.63) is 36.0 Å². The topological polar surface area (TPSA) is 0 Å². The third kappa shape index (κ3) is 2.48. The quantitative estimate of drug-likeness (QED) is 0.587. The summed E-state index contributed by atoms with van der Waals surface area (Å²) in [6.45, 7) is 4.40. The number of allylic oxidation sites excluding steroid dienone is 6. The Morgan fingerprint density at radius 1 is 1.19 bits per heavy atom. The molecule has 0 heteroatoms. The van der Waals surface area contributed by atoms with Gasteiger partial charge >= 0.3 is 0 Å². The van der Waals surface area contributed by atoms with Gasteiger partial charge in [0.1, 0.15) is 0 Å². The fourth-order valence-corrected chi connectivity index (χ4v) is 3.40. The second-order valence-corrected chi connectivity index (χ2v) is 5.22. The molecule has 0 aromatic rings. The standard InChI is InChI=1S/C16H24/c1-3-5-6-7-8-9-15-11-13-10-14(4-2)16(15)12-13/h4-6,8-9,13,15-16H,3,7,10-12H2,1-2H3/b6-5-,9-8?,14-4?. The summed E-state index contributed by atoms with van der Waals surface area (Å²) in [5.74, 6) is 2.73. The molecule has 0 amide bonds. The molecular formula is C16H24. The van der Waals surface area contributed by atoms with E-state index >= 15 is 0 Å². The molecule has 2 bridgehead atoms. The van der Waals surface area contributed by atoms with Crippen molar-refractivity contribution in [2.45, 2.75) is 46.0 Å². The highest BCUT2D eigenvalue weighted by molar-refractivity contribution is 5.21. The molecule has 2 fully saturated rings. The second kappa shape index (κ2) is 5.52. The summed E-state index contributed by atoms with van der Waals surface area (Å²) < 4.78 is 0. The van der Waals surface area contributed by atoms with E-state index in [0.29, 0.717) is 0 Å². The van der Waals surface area contributed by atoms with Crippen molar-refractivity contribution >= 4 is 0 Å². The maximum Gasteiger partial charge on any atom is -0.0137 e. The van der Waals surface area contributed by atoms with E-state index in [2.05, 4.69) is 44.2 Å². The summed E-state index contributed by atoms with van der Waals surface area (Å²) in [4.78, 5) is 0. The molecule has 0 aliphatic heterocycles. The Morgan fingerprint density at radius 3 is 2.75 bits per heavy atom. The lowest BCUT2D eigenvalue weighted by Gasteiger charge is -2.21. The van der Waals surface area contributed by atoms with Crippen LogP contribution in [0.15, 0.2) is 36.0 Å². The lowest BCUT2D eigenvalue weighted by molar-refractivity contribution is 0.472. The summed E-state index contributed by atoms with van der Waals surface area (Å²) in [7, 11) is 0. The maximum atomic E-state index is 2.48. The average molecular weight is 216 g/mol. The van der Waals surface area contributed by atoms with E-state index < -0.39 is 0 Å². The van der Waals surface area contributed by atoms with Gasteiger partial charge in [-0.2, -0.15) is 0 Å². The number of rotatable bonds is 4. The molecule has 0 aromatic heterocycles. The van der Waals surface area contributed by atoms with Gasteiger partial charge < -0.3 is 0 Å². The first-order valence-electron chi connectivity index (χ1n) is 6.81. The number of hydrogen-bond donors (Lipinski definition) is 0. The van der Waals surface area contributed by atoms with Crippen molar-refractivity contribution in [1.29, 1.82) is 0 Å². The Balaban J connectivity index is 1.85. The number of fused-ring (bicyclic) bond motifs is 2. The third-order valence-corrected chi connectivity index (χ3v) is 4.14. The zero-order valence-electron chi connectivity index (χ0n) is 10.7. The van der Waals surface area contributed by atoms with Crippen molar-refractivity contribution in [1.82, 2.24) is 0 Å². The molecule has 0 radical (unpaired) electrons. The molecule has 0 saturated heterocycles. The van der Waals surface area contributed by atoms with Crippen molar-refractivity contribution in [3.63, 3.8) is 0 Å².